The number of phenols is 3. The number of rotatable bonds is 8. The van der Waals surface area contributed by atoms with Crippen molar-refractivity contribution in [3.05, 3.63) is 57.8 Å². The highest BCUT2D eigenvalue weighted by atomic mass is 16.7. The number of benzene rings is 2. The van der Waals surface area contributed by atoms with Crippen LogP contribution in [0.1, 0.15) is 33.3 Å². The molecule has 2 fully saturated rings. The van der Waals surface area contributed by atoms with Crippen molar-refractivity contribution in [2.45, 2.75) is 89.4 Å². The van der Waals surface area contributed by atoms with Gasteiger partial charge in [0.15, 0.2) is 18.2 Å². The van der Waals surface area contributed by atoms with E-state index >= 15 is 0 Å². The first kappa shape index (κ1) is 35.1. The number of aliphatic hydroxyl groups is 4. The number of hydrogen-bond donors (Lipinski definition) is 7. The van der Waals surface area contributed by atoms with E-state index in [9.17, 15) is 45.3 Å². The first-order chi connectivity index (χ1) is 22.7. The average molecular weight is 675 g/mol. The van der Waals surface area contributed by atoms with Gasteiger partial charge in [-0.1, -0.05) is 11.6 Å². The molecule has 0 radical (unpaired) electrons. The SMILES string of the molecule is CC(=O)O[C@@H]1[C@@H](O)[C@@H](O)[C@H](O[C@@H]2[C@@H](O)[C@H](Oc3c(-c4ccc(O)cc4)oc4c(CC=C(C)C)c(O)cc(O)c4c3=O)OC[C@H]2O)O[C@H]1C. The number of ether oxygens (including phenoxy) is 5. The van der Waals surface area contributed by atoms with Gasteiger partial charge in [0.25, 0.3) is 0 Å². The van der Waals surface area contributed by atoms with Gasteiger partial charge < -0.3 is 63.8 Å². The van der Waals surface area contributed by atoms with Crippen LogP contribution in [0.3, 0.4) is 0 Å². The summed E-state index contributed by atoms with van der Waals surface area (Å²) in [6.45, 7) is 5.79. The fraction of sp³-hybridized carbons (Fsp3) is 0.455. The zero-order valence-electron chi connectivity index (χ0n) is 26.5. The van der Waals surface area contributed by atoms with Gasteiger partial charge in [0.2, 0.25) is 17.5 Å². The minimum atomic E-state index is -1.84. The number of carbonyl (C=O) groups excluding carboxylic acids is 1. The van der Waals surface area contributed by atoms with Crippen molar-refractivity contribution in [2.75, 3.05) is 6.61 Å². The van der Waals surface area contributed by atoms with Crippen molar-refractivity contribution in [1.82, 2.24) is 0 Å². The van der Waals surface area contributed by atoms with Crippen LogP contribution in [0.4, 0.5) is 0 Å². The number of fused-ring (bicyclic) bond motifs is 1. The third kappa shape index (κ3) is 6.98. The van der Waals surface area contributed by atoms with Crippen LogP contribution in [0.15, 0.2) is 51.2 Å². The second-order valence-corrected chi connectivity index (χ2v) is 12.0. The molecule has 0 bridgehead atoms. The molecule has 2 aliphatic heterocycles. The monoisotopic (exact) mass is 674 g/mol. The molecule has 48 heavy (non-hydrogen) atoms. The maximum atomic E-state index is 14.1. The van der Waals surface area contributed by atoms with Gasteiger partial charge in [-0.2, -0.15) is 0 Å². The minimum Gasteiger partial charge on any atom is -0.508 e. The van der Waals surface area contributed by atoms with Gasteiger partial charge in [-0.25, -0.2) is 0 Å². The van der Waals surface area contributed by atoms with Crippen LogP contribution in [0.5, 0.6) is 23.0 Å². The molecule has 9 atom stereocenters. The first-order valence-corrected chi connectivity index (χ1v) is 15.1. The van der Waals surface area contributed by atoms with Crippen LogP contribution in [0, 0.1) is 0 Å². The number of esters is 1. The molecule has 260 valence electrons. The molecule has 3 heterocycles. The lowest BCUT2D eigenvalue weighted by Crippen LogP contribution is -2.62. The summed E-state index contributed by atoms with van der Waals surface area (Å²) < 4.78 is 34.0. The standard InChI is InChI=1S/C33H38O15/c1-13(2)5-10-18-19(36)11-20(37)22-23(39)31(28(46-29(18)22)16-6-8-17(35)9-7-16)48-32-26(42)30(21(38)12-43-32)47-33-25(41)24(40)27(14(3)44-33)45-15(4)34/h5-9,11,14,21,24-27,30,32-33,35-38,40-42H,10,12H2,1-4H3/t14-,21+,24-,25+,26+,27-,30-,32-,33-/m0/s1. The molecule has 3 aromatic rings. The largest absolute Gasteiger partial charge is 0.508 e. The fourth-order valence-corrected chi connectivity index (χ4v) is 5.57. The number of hydrogen-bond acceptors (Lipinski definition) is 15. The molecule has 15 nitrogen and oxygen atoms in total. The van der Waals surface area contributed by atoms with Crippen LogP contribution in [0.25, 0.3) is 22.3 Å². The van der Waals surface area contributed by atoms with Crippen molar-refractivity contribution >= 4 is 16.9 Å². The number of carbonyl (C=O) groups is 1. The molecular weight excluding hydrogens is 636 g/mol. The molecular formula is C33H38O15. The van der Waals surface area contributed by atoms with Crippen molar-refractivity contribution < 1.29 is 68.6 Å². The van der Waals surface area contributed by atoms with Crippen LogP contribution in [-0.4, -0.2) is 104 Å². The van der Waals surface area contributed by atoms with Gasteiger partial charge in [-0.3, -0.25) is 9.59 Å². The van der Waals surface area contributed by atoms with E-state index in [0.717, 1.165) is 18.6 Å². The third-order valence-corrected chi connectivity index (χ3v) is 8.06. The second kappa shape index (κ2) is 14.1. The lowest BCUT2D eigenvalue weighted by molar-refractivity contribution is -0.339. The van der Waals surface area contributed by atoms with Gasteiger partial charge >= 0.3 is 5.97 Å². The van der Waals surface area contributed by atoms with E-state index in [-0.39, 0.29) is 45.8 Å². The van der Waals surface area contributed by atoms with E-state index in [2.05, 4.69) is 0 Å². The molecule has 1 aromatic heterocycles. The lowest BCUT2D eigenvalue weighted by atomic mass is 9.99. The maximum absolute atomic E-state index is 14.1. The van der Waals surface area contributed by atoms with Gasteiger partial charge in [0, 0.05) is 24.1 Å². The summed E-state index contributed by atoms with van der Waals surface area (Å²) in [5.41, 5.74) is 0.333. The predicted molar refractivity (Wildman–Crippen MR) is 165 cm³/mol. The van der Waals surface area contributed by atoms with Crippen molar-refractivity contribution in [3.8, 4) is 34.3 Å². The Labute approximate surface area is 273 Å². The molecule has 15 heteroatoms. The number of phenolic OH excluding ortho intramolecular Hbond substituents is 3. The summed E-state index contributed by atoms with van der Waals surface area (Å²) in [5, 5.41) is 74.2. The molecule has 2 aromatic carbocycles. The Morgan fingerprint density at radius 2 is 1.62 bits per heavy atom. The summed E-state index contributed by atoms with van der Waals surface area (Å²) in [4.78, 5) is 25.5. The third-order valence-electron chi connectivity index (χ3n) is 8.06. The highest BCUT2D eigenvalue weighted by molar-refractivity contribution is 5.91. The van der Waals surface area contributed by atoms with Crippen molar-refractivity contribution in [1.29, 1.82) is 0 Å². The second-order valence-electron chi connectivity index (χ2n) is 12.0. The molecule has 0 amide bonds. The van der Waals surface area contributed by atoms with Crippen molar-refractivity contribution in [3.63, 3.8) is 0 Å². The average Bonchev–Trinajstić information content (AvgIpc) is 3.01. The minimum absolute atomic E-state index is 0.0883. The zero-order valence-corrected chi connectivity index (χ0v) is 26.5. The Balaban J connectivity index is 1.52. The highest BCUT2D eigenvalue weighted by Crippen LogP contribution is 2.40. The molecule has 5 rings (SSSR count). The normalized spacial score (nSPS) is 29.0. The van der Waals surface area contributed by atoms with Crippen LogP contribution >= 0.6 is 0 Å². The fourth-order valence-electron chi connectivity index (χ4n) is 5.57. The van der Waals surface area contributed by atoms with E-state index < -0.39 is 84.8 Å². The summed E-state index contributed by atoms with van der Waals surface area (Å²) in [5.74, 6) is -2.45. The molecule has 0 unspecified atom stereocenters. The lowest BCUT2D eigenvalue weighted by Gasteiger charge is -2.44. The van der Waals surface area contributed by atoms with Crippen molar-refractivity contribution in [2.24, 2.45) is 0 Å². The Morgan fingerprint density at radius 1 is 0.938 bits per heavy atom. The topological polar surface area (TPSA) is 235 Å². The highest BCUT2D eigenvalue weighted by Gasteiger charge is 2.49. The Hall–Kier alpha value is -4.22. The molecule has 7 N–H and O–H groups in total. The maximum Gasteiger partial charge on any atom is 0.303 e. The number of allylic oxidation sites excluding steroid dienone is 2. The van der Waals surface area contributed by atoms with Crippen LogP contribution in [0.2, 0.25) is 0 Å². The smallest absolute Gasteiger partial charge is 0.303 e. The number of aromatic hydroxyl groups is 3. The quantitative estimate of drug-likeness (QED) is 0.132. The molecule has 2 aliphatic rings. The molecule has 0 spiro atoms. The molecule has 0 saturated carbocycles. The summed E-state index contributed by atoms with van der Waals surface area (Å²) >= 11 is 0. The number of aliphatic hydroxyl groups excluding tert-OH is 4. The van der Waals surface area contributed by atoms with Gasteiger partial charge in [0.1, 0.15) is 58.7 Å². The zero-order chi connectivity index (χ0) is 35.0. The van der Waals surface area contributed by atoms with Gasteiger partial charge in [-0.15, -0.1) is 0 Å². The predicted octanol–water partition coefficient (Wildman–Crippen LogP) is 1.33. The van der Waals surface area contributed by atoms with Gasteiger partial charge in [-0.05, 0) is 51.5 Å². The van der Waals surface area contributed by atoms with E-state index in [1.807, 2.05) is 13.8 Å². The van der Waals surface area contributed by atoms with E-state index in [1.54, 1.807) is 6.08 Å². The first-order valence-electron chi connectivity index (χ1n) is 15.1. The Kier molecular flexibility index (Phi) is 10.3. The Morgan fingerprint density at radius 3 is 2.27 bits per heavy atom. The summed E-state index contributed by atoms with van der Waals surface area (Å²) in [6, 6.07) is 6.51. The van der Waals surface area contributed by atoms with Crippen LogP contribution < -0.4 is 10.2 Å². The van der Waals surface area contributed by atoms with Crippen LogP contribution in [-0.2, 0) is 30.2 Å². The molecule has 2 saturated heterocycles. The van der Waals surface area contributed by atoms with Gasteiger partial charge in [0.05, 0.1) is 12.7 Å². The van der Waals surface area contributed by atoms with E-state index in [4.69, 9.17) is 28.1 Å². The van der Waals surface area contributed by atoms with E-state index in [1.165, 1.54) is 31.2 Å². The van der Waals surface area contributed by atoms with E-state index in [0.29, 0.717) is 0 Å². The molecule has 0 aliphatic carbocycles. The summed E-state index contributed by atoms with van der Waals surface area (Å²) in [6.07, 6.45) is -11.8. The Bertz CT molecular complexity index is 1730. The summed E-state index contributed by atoms with van der Waals surface area (Å²) in [7, 11) is 0.